The second-order valence-electron chi connectivity index (χ2n) is 8.08. The highest BCUT2D eigenvalue weighted by Crippen LogP contribution is 2.42. The Morgan fingerprint density at radius 2 is 1.86 bits per heavy atom. The lowest BCUT2D eigenvalue weighted by Crippen LogP contribution is -2.31. The van der Waals surface area contributed by atoms with Crippen LogP contribution in [0.5, 0.6) is 5.75 Å². The number of hydrogen-bond donors (Lipinski definition) is 1. The average molecular weight is 518 g/mol. The number of benzene rings is 3. The molecule has 3 aromatic rings. The molecule has 1 atom stereocenters. The SMILES string of the molecule is CCc1ccc(N2C(=O)C(Cc3cccc(Cl)c3)S/C2=C(/C#N)C(=O)Nc2ccccc2OC)cc1. The summed E-state index contributed by atoms with van der Waals surface area (Å²) < 4.78 is 5.31. The molecule has 1 fully saturated rings. The van der Waals surface area contributed by atoms with E-state index >= 15 is 0 Å². The molecular formula is C28H24ClN3O3S. The van der Waals surface area contributed by atoms with Crippen molar-refractivity contribution in [3.8, 4) is 11.8 Å². The number of aryl methyl sites for hydroxylation is 1. The molecule has 0 spiro atoms. The van der Waals surface area contributed by atoms with Gasteiger partial charge in [0.05, 0.1) is 18.0 Å². The maximum Gasteiger partial charge on any atom is 0.269 e. The van der Waals surface area contributed by atoms with E-state index in [9.17, 15) is 14.9 Å². The smallest absolute Gasteiger partial charge is 0.269 e. The van der Waals surface area contributed by atoms with Gasteiger partial charge >= 0.3 is 0 Å². The Kier molecular flexibility index (Phi) is 7.99. The van der Waals surface area contributed by atoms with E-state index in [0.29, 0.717) is 33.6 Å². The zero-order valence-electron chi connectivity index (χ0n) is 19.8. The molecule has 0 aromatic heterocycles. The Labute approximate surface area is 219 Å². The number of nitrogens with one attached hydrogen (secondary N) is 1. The fourth-order valence-corrected chi connectivity index (χ4v) is 5.43. The number of carbonyl (C=O) groups is 2. The third kappa shape index (κ3) is 5.40. The standard InChI is InChI=1S/C28H24ClN3O3S/c1-3-18-11-13-21(14-12-18)32-27(34)25(16-19-7-6-8-20(29)15-19)36-28(32)22(17-30)26(33)31-23-9-4-5-10-24(23)35-2/h4-15,25H,3,16H2,1-2H3,(H,31,33)/b28-22-. The van der Waals surface area contributed by atoms with Gasteiger partial charge in [-0.2, -0.15) is 5.26 Å². The summed E-state index contributed by atoms with van der Waals surface area (Å²) in [6, 6.07) is 23.9. The second kappa shape index (κ2) is 11.3. The van der Waals surface area contributed by atoms with Gasteiger partial charge in [0.1, 0.15) is 22.4 Å². The Morgan fingerprint density at radius 3 is 2.53 bits per heavy atom. The largest absolute Gasteiger partial charge is 0.495 e. The number of rotatable bonds is 7. The number of carbonyl (C=O) groups excluding carboxylic acids is 2. The van der Waals surface area contributed by atoms with Gasteiger partial charge in [0.15, 0.2) is 0 Å². The van der Waals surface area contributed by atoms with E-state index in [1.807, 2.05) is 55.5 Å². The van der Waals surface area contributed by atoms with Crippen LogP contribution < -0.4 is 15.0 Å². The molecule has 1 heterocycles. The number of methoxy groups -OCH3 is 1. The minimum Gasteiger partial charge on any atom is -0.495 e. The highest BCUT2D eigenvalue weighted by atomic mass is 35.5. The van der Waals surface area contributed by atoms with E-state index in [0.717, 1.165) is 17.5 Å². The van der Waals surface area contributed by atoms with Gasteiger partial charge in [-0.25, -0.2) is 0 Å². The molecule has 4 rings (SSSR count). The van der Waals surface area contributed by atoms with Crippen LogP contribution in [0.15, 0.2) is 83.4 Å². The molecular weight excluding hydrogens is 494 g/mol. The van der Waals surface area contributed by atoms with Gasteiger partial charge in [0.2, 0.25) is 5.91 Å². The average Bonchev–Trinajstić information content (AvgIpc) is 3.20. The quantitative estimate of drug-likeness (QED) is 0.308. The molecule has 1 N–H and O–H groups in total. The molecule has 3 aromatic carbocycles. The summed E-state index contributed by atoms with van der Waals surface area (Å²) in [5.41, 5.74) is 2.90. The first-order chi connectivity index (χ1) is 17.4. The normalized spacial score (nSPS) is 16.4. The Balaban J connectivity index is 1.74. The Hall–Kier alpha value is -3.73. The van der Waals surface area contributed by atoms with Crippen molar-refractivity contribution in [3.05, 3.63) is 99.5 Å². The third-order valence-electron chi connectivity index (χ3n) is 5.77. The summed E-state index contributed by atoms with van der Waals surface area (Å²) in [4.78, 5) is 28.4. The van der Waals surface area contributed by atoms with Crippen molar-refractivity contribution >= 4 is 46.6 Å². The molecule has 2 amide bonds. The predicted octanol–water partition coefficient (Wildman–Crippen LogP) is 5.98. The number of ether oxygens (including phenoxy) is 1. The molecule has 1 unspecified atom stereocenters. The summed E-state index contributed by atoms with van der Waals surface area (Å²) in [7, 11) is 1.50. The third-order valence-corrected chi connectivity index (χ3v) is 7.27. The van der Waals surface area contributed by atoms with Crippen LogP contribution in [0.2, 0.25) is 5.02 Å². The number of anilines is 2. The molecule has 1 saturated heterocycles. The molecule has 0 bridgehead atoms. The van der Waals surface area contributed by atoms with Crippen LogP contribution in [-0.2, 0) is 22.4 Å². The van der Waals surface area contributed by atoms with Crippen LogP contribution in [0.3, 0.4) is 0 Å². The maximum absolute atomic E-state index is 13.6. The van der Waals surface area contributed by atoms with Crippen LogP contribution in [0.25, 0.3) is 0 Å². The zero-order chi connectivity index (χ0) is 25.7. The fraction of sp³-hybridized carbons (Fsp3) is 0.179. The number of amides is 2. The van der Waals surface area contributed by atoms with E-state index in [2.05, 4.69) is 5.32 Å². The highest BCUT2D eigenvalue weighted by Gasteiger charge is 2.41. The summed E-state index contributed by atoms with van der Waals surface area (Å²) >= 11 is 7.36. The Bertz CT molecular complexity index is 1360. The molecule has 1 aliphatic rings. The van der Waals surface area contributed by atoms with Gasteiger partial charge in [-0.05, 0) is 60.4 Å². The fourth-order valence-electron chi connectivity index (χ4n) is 3.91. The zero-order valence-corrected chi connectivity index (χ0v) is 21.4. The van der Waals surface area contributed by atoms with E-state index in [1.54, 1.807) is 30.3 Å². The minimum atomic E-state index is -0.615. The summed E-state index contributed by atoms with van der Waals surface area (Å²) in [5.74, 6) is -0.345. The topological polar surface area (TPSA) is 82.4 Å². The number of nitrogens with zero attached hydrogens (tertiary/aromatic N) is 2. The molecule has 0 aliphatic carbocycles. The summed E-state index contributed by atoms with van der Waals surface area (Å²) in [6.45, 7) is 2.05. The van der Waals surface area contributed by atoms with Crippen molar-refractivity contribution in [1.29, 1.82) is 5.26 Å². The lowest BCUT2D eigenvalue weighted by atomic mass is 10.1. The molecule has 182 valence electrons. The lowest BCUT2D eigenvalue weighted by Gasteiger charge is -2.19. The molecule has 0 saturated carbocycles. The molecule has 6 nitrogen and oxygen atoms in total. The first-order valence-electron chi connectivity index (χ1n) is 11.4. The summed E-state index contributed by atoms with van der Waals surface area (Å²) in [6.07, 6.45) is 1.26. The number of hydrogen-bond acceptors (Lipinski definition) is 5. The Morgan fingerprint density at radius 1 is 1.11 bits per heavy atom. The van der Waals surface area contributed by atoms with Gasteiger partial charge < -0.3 is 10.1 Å². The molecule has 8 heteroatoms. The van der Waals surface area contributed by atoms with Crippen molar-refractivity contribution in [3.63, 3.8) is 0 Å². The van der Waals surface area contributed by atoms with Crippen molar-refractivity contribution in [2.75, 3.05) is 17.3 Å². The monoisotopic (exact) mass is 517 g/mol. The van der Waals surface area contributed by atoms with Gasteiger partial charge in [-0.1, -0.05) is 66.7 Å². The number of halogens is 1. The van der Waals surface area contributed by atoms with Crippen molar-refractivity contribution in [2.24, 2.45) is 0 Å². The minimum absolute atomic E-state index is 0.146. The van der Waals surface area contributed by atoms with E-state index in [4.69, 9.17) is 16.3 Å². The molecule has 36 heavy (non-hydrogen) atoms. The first-order valence-corrected chi connectivity index (χ1v) is 12.6. The van der Waals surface area contributed by atoms with E-state index in [1.165, 1.54) is 23.8 Å². The van der Waals surface area contributed by atoms with Crippen molar-refractivity contribution < 1.29 is 14.3 Å². The van der Waals surface area contributed by atoms with Crippen LogP contribution in [0, 0.1) is 11.3 Å². The van der Waals surface area contributed by atoms with Crippen molar-refractivity contribution in [1.82, 2.24) is 0 Å². The van der Waals surface area contributed by atoms with E-state index < -0.39 is 11.2 Å². The first kappa shape index (κ1) is 25.4. The van der Waals surface area contributed by atoms with Crippen molar-refractivity contribution in [2.45, 2.75) is 25.0 Å². The lowest BCUT2D eigenvalue weighted by molar-refractivity contribution is -0.117. The van der Waals surface area contributed by atoms with Gasteiger partial charge in [-0.3, -0.25) is 14.5 Å². The second-order valence-corrected chi connectivity index (χ2v) is 9.71. The summed E-state index contributed by atoms with van der Waals surface area (Å²) in [5, 5.41) is 13.2. The molecule has 1 aliphatic heterocycles. The van der Waals surface area contributed by atoms with Gasteiger partial charge in [-0.15, -0.1) is 0 Å². The van der Waals surface area contributed by atoms with Gasteiger partial charge in [0.25, 0.3) is 5.91 Å². The van der Waals surface area contributed by atoms with Gasteiger partial charge in [0, 0.05) is 10.7 Å². The van der Waals surface area contributed by atoms with Crippen LogP contribution in [0.1, 0.15) is 18.1 Å². The molecule has 0 radical (unpaired) electrons. The highest BCUT2D eigenvalue weighted by molar-refractivity contribution is 8.05. The van der Waals surface area contributed by atoms with Crippen LogP contribution in [-0.4, -0.2) is 24.2 Å². The van der Waals surface area contributed by atoms with Crippen LogP contribution >= 0.6 is 23.4 Å². The predicted molar refractivity (Wildman–Crippen MR) is 144 cm³/mol. The number of para-hydroxylation sites is 2. The van der Waals surface area contributed by atoms with E-state index in [-0.39, 0.29) is 11.5 Å². The maximum atomic E-state index is 13.6. The van der Waals surface area contributed by atoms with Crippen LogP contribution in [0.4, 0.5) is 11.4 Å². The number of thioether (sulfide) groups is 1. The number of nitriles is 1.